The van der Waals surface area contributed by atoms with Crippen LogP contribution in [0.15, 0.2) is 6.20 Å². The van der Waals surface area contributed by atoms with Crippen molar-refractivity contribution in [2.24, 2.45) is 5.84 Å². The molecule has 114 valence electrons. The lowest BCUT2D eigenvalue weighted by Gasteiger charge is -2.19. The summed E-state index contributed by atoms with van der Waals surface area (Å²) in [4.78, 5) is 36.3. The van der Waals surface area contributed by atoms with Crippen LogP contribution in [0.4, 0.5) is 4.79 Å². The molecule has 1 unspecified atom stereocenters. The van der Waals surface area contributed by atoms with E-state index in [1.807, 2.05) is 12.3 Å². The first-order valence-electron chi connectivity index (χ1n) is 6.46. The van der Waals surface area contributed by atoms with Gasteiger partial charge >= 0.3 is 6.03 Å². The maximum Gasteiger partial charge on any atom is 0.325 e. The molecular weight excluding hydrogens is 278 g/mol. The first-order valence-corrected chi connectivity index (χ1v) is 6.46. The maximum atomic E-state index is 12.2. The first kappa shape index (κ1) is 14.9. The number of nitrogens with zero attached hydrogens (tertiary/aromatic N) is 4. The molecule has 21 heavy (non-hydrogen) atoms. The normalized spacial score (nSPS) is 21.6. The van der Waals surface area contributed by atoms with Crippen LogP contribution in [-0.2, 0) is 11.3 Å². The van der Waals surface area contributed by atoms with E-state index in [1.54, 1.807) is 6.92 Å². The third-order valence-corrected chi connectivity index (χ3v) is 3.51. The number of nitrogen functional groups attached to an aromatic ring is 1. The Morgan fingerprint density at radius 3 is 2.76 bits per heavy atom. The van der Waals surface area contributed by atoms with Gasteiger partial charge in [0.2, 0.25) is 0 Å². The van der Waals surface area contributed by atoms with Crippen LogP contribution in [0.3, 0.4) is 0 Å². The van der Waals surface area contributed by atoms with Crippen molar-refractivity contribution in [1.82, 2.24) is 30.6 Å². The fraction of sp³-hybridized carbons (Fsp3) is 0.545. The Morgan fingerprint density at radius 2 is 2.19 bits per heavy atom. The number of aromatic nitrogens is 3. The van der Waals surface area contributed by atoms with Crippen LogP contribution in [0.25, 0.3) is 0 Å². The molecule has 0 aromatic carbocycles. The average molecular weight is 295 g/mol. The summed E-state index contributed by atoms with van der Waals surface area (Å²) in [5.74, 6) is 4.16. The van der Waals surface area contributed by atoms with Crippen molar-refractivity contribution in [3.05, 3.63) is 11.9 Å². The number of hydrazine groups is 1. The molecule has 0 saturated carbocycles. The van der Waals surface area contributed by atoms with Crippen LogP contribution < -0.4 is 16.6 Å². The molecule has 1 aliphatic heterocycles. The van der Waals surface area contributed by atoms with Crippen LogP contribution in [0.5, 0.6) is 0 Å². The highest BCUT2D eigenvalue weighted by Crippen LogP contribution is 2.20. The molecule has 1 aromatic rings. The summed E-state index contributed by atoms with van der Waals surface area (Å²) in [5.41, 5.74) is 1.15. The molecule has 1 aliphatic rings. The fourth-order valence-corrected chi connectivity index (χ4v) is 1.98. The summed E-state index contributed by atoms with van der Waals surface area (Å²) in [6, 6.07) is -0.426. The number of hydrogen-bond acceptors (Lipinski definition) is 6. The Kier molecular flexibility index (Phi) is 3.89. The lowest BCUT2D eigenvalue weighted by atomic mass is 9.99. The van der Waals surface area contributed by atoms with Gasteiger partial charge < -0.3 is 5.32 Å². The lowest BCUT2D eigenvalue weighted by Crippen LogP contribution is -2.43. The van der Waals surface area contributed by atoms with E-state index in [4.69, 9.17) is 5.84 Å². The molecule has 1 atom stereocenters. The van der Waals surface area contributed by atoms with Crippen molar-refractivity contribution in [3.63, 3.8) is 0 Å². The van der Waals surface area contributed by atoms with Crippen molar-refractivity contribution in [1.29, 1.82) is 0 Å². The molecule has 0 radical (unpaired) electrons. The number of urea groups is 1. The van der Waals surface area contributed by atoms with E-state index in [0.717, 1.165) is 4.90 Å². The van der Waals surface area contributed by atoms with Gasteiger partial charge in [-0.2, -0.15) is 0 Å². The van der Waals surface area contributed by atoms with E-state index in [1.165, 1.54) is 10.9 Å². The Balaban J connectivity index is 2.00. The topological polar surface area (TPSA) is 135 Å². The minimum Gasteiger partial charge on any atom is -0.323 e. The van der Waals surface area contributed by atoms with Crippen LogP contribution >= 0.6 is 0 Å². The lowest BCUT2D eigenvalue weighted by molar-refractivity contribution is -0.131. The van der Waals surface area contributed by atoms with E-state index < -0.39 is 17.5 Å². The molecule has 10 nitrogen and oxygen atoms in total. The highest BCUT2D eigenvalue weighted by Gasteiger charge is 2.46. The van der Waals surface area contributed by atoms with Gasteiger partial charge in [-0.25, -0.2) is 15.3 Å². The largest absolute Gasteiger partial charge is 0.325 e. The van der Waals surface area contributed by atoms with Crippen LogP contribution in [0.1, 0.15) is 30.8 Å². The van der Waals surface area contributed by atoms with Crippen LogP contribution in [-0.4, -0.2) is 49.8 Å². The van der Waals surface area contributed by atoms with Crippen molar-refractivity contribution < 1.29 is 14.4 Å². The SMILES string of the molecule is CCC1(C)NC(=O)N(CCn2cc(C(=O)NN)nn2)C1=O. The second kappa shape index (κ2) is 5.48. The number of nitrogens with one attached hydrogen (secondary N) is 2. The standard InChI is InChI=1S/C11H17N7O3/c1-3-11(2)9(20)18(10(21)13-11)5-4-17-6-7(15-16-17)8(19)14-12/h6H,3-5,12H2,1-2H3,(H,13,21)(H,14,19). The van der Waals surface area contributed by atoms with Crippen LogP contribution in [0, 0.1) is 0 Å². The monoisotopic (exact) mass is 295 g/mol. The minimum atomic E-state index is -0.857. The molecule has 1 fully saturated rings. The van der Waals surface area contributed by atoms with Crippen molar-refractivity contribution in [2.45, 2.75) is 32.4 Å². The molecule has 0 bridgehead atoms. The molecule has 0 spiro atoms. The quantitative estimate of drug-likeness (QED) is 0.265. The van der Waals surface area contributed by atoms with Gasteiger partial charge in [0.25, 0.3) is 11.8 Å². The number of carbonyl (C=O) groups excluding carboxylic acids is 3. The average Bonchev–Trinajstić information content (AvgIpc) is 3.02. The molecule has 10 heteroatoms. The van der Waals surface area contributed by atoms with E-state index >= 15 is 0 Å². The van der Waals surface area contributed by atoms with E-state index in [9.17, 15) is 14.4 Å². The van der Waals surface area contributed by atoms with E-state index in [-0.39, 0.29) is 24.7 Å². The summed E-state index contributed by atoms with van der Waals surface area (Å²) in [5, 5.41) is 10.0. The zero-order chi connectivity index (χ0) is 15.6. The van der Waals surface area contributed by atoms with Crippen molar-refractivity contribution in [2.75, 3.05) is 6.54 Å². The first-order chi connectivity index (χ1) is 9.91. The summed E-state index contributed by atoms with van der Waals surface area (Å²) >= 11 is 0. The zero-order valence-corrected chi connectivity index (χ0v) is 11.8. The summed E-state index contributed by atoms with van der Waals surface area (Å²) in [6.07, 6.45) is 1.90. The molecule has 1 aromatic heterocycles. The third-order valence-electron chi connectivity index (χ3n) is 3.51. The van der Waals surface area contributed by atoms with Gasteiger partial charge in [0.05, 0.1) is 19.3 Å². The Bertz CT molecular complexity index is 584. The maximum absolute atomic E-state index is 12.2. The highest BCUT2D eigenvalue weighted by atomic mass is 16.2. The Labute approximate surface area is 120 Å². The third kappa shape index (κ3) is 2.70. The predicted molar refractivity (Wildman–Crippen MR) is 70.6 cm³/mol. The van der Waals surface area contributed by atoms with Gasteiger partial charge in [0, 0.05) is 0 Å². The summed E-state index contributed by atoms with van der Waals surface area (Å²) in [7, 11) is 0. The second-order valence-corrected chi connectivity index (χ2v) is 4.91. The molecule has 2 heterocycles. The fourth-order valence-electron chi connectivity index (χ4n) is 1.98. The summed E-state index contributed by atoms with van der Waals surface area (Å²) in [6.45, 7) is 3.90. The van der Waals surface area contributed by atoms with Crippen LogP contribution in [0.2, 0.25) is 0 Å². The predicted octanol–water partition coefficient (Wildman–Crippen LogP) is -1.40. The molecule has 2 rings (SSSR count). The number of amides is 4. The van der Waals surface area contributed by atoms with E-state index in [0.29, 0.717) is 6.42 Å². The Hall–Kier alpha value is -2.49. The number of rotatable bonds is 5. The molecule has 1 saturated heterocycles. The van der Waals surface area contributed by atoms with Gasteiger partial charge in [-0.05, 0) is 13.3 Å². The molecule has 4 N–H and O–H groups in total. The van der Waals surface area contributed by atoms with Crippen molar-refractivity contribution in [3.8, 4) is 0 Å². The molecular formula is C11H17N7O3. The van der Waals surface area contributed by atoms with Gasteiger partial charge in [-0.1, -0.05) is 12.1 Å². The van der Waals surface area contributed by atoms with Gasteiger partial charge in [-0.15, -0.1) is 5.10 Å². The molecule has 4 amide bonds. The van der Waals surface area contributed by atoms with Crippen molar-refractivity contribution >= 4 is 17.8 Å². The number of hydrogen-bond donors (Lipinski definition) is 3. The number of nitrogens with two attached hydrogens (primary N) is 1. The number of carbonyl (C=O) groups is 3. The zero-order valence-electron chi connectivity index (χ0n) is 11.8. The summed E-state index contributed by atoms with van der Waals surface area (Å²) < 4.78 is 1.37. The molecule has 0 aliphatic carbocycles. The van der Waals surface area contributed by atoms with E-state index in [2.05, 4.69) is 15.6 Å². The smallest absolute Gasteiger partial charge is 0.323 e. The highest BCUT2D eigenvalue weighted by molar-refractivity contribution is 6.06. The van der Waals surface area contributed by atoms with Gasteiger partial charge in [0.15, 0.2) is 5.69 Å². The minimum absolute atomic E-state index is 0.0631. The second-order valence-electron chi connectivity index (χ2n) is 4.91. The van der Waals surface area contributed by atoms with Gasteiger partial charge in [-0.3, -0.25) is 19.9 Å². The Morgan fingerprint density at radius 1 is 1.48 bits per heavy atom. The number of imide groups is 1. The van der Waals surface area contributed by atoms with Gasteiger partial charge in [0.1, 0.15) is 5.54 Å².